The zero-order chi connectivity index (χ0) is 21.3. The molecule has 0 saturated carbocycles. The molecular formula is C22H28N6O2. The summed E-state index contributed by atoms with van der Waals surface area (Å²) in [6.07, 6.45) is 0. The van der Waals surface area contributed by atoms with Gasteiger partial charge in [0.2, 0.25) is 5.91 Å². The Balaban J connectivity index is 1.75. The van der Waals surface area contributed by atoms with Crippen molar-refractivity contribution in [2.24, 2.45) is 5.92 Å². The molecule has 0 N–H and O–H groups in total. The number of hydrogen-bond acceptors (Lipinski definition) is 6. The van der Waals surface area contributed by atoms with E-state index >= 15 is 0 Å². The summed E-state index contributed by atoms with van der Waals surface area (Å²) in [5.74, 6) is 1.71. The number of fused-ring (bicyclic) bond motifs is 1. The van der Waals surface area contributed by atoms with Gasteiger partial charge in [-0.1, -0.05) is 32.0 Å². The summed E-state index contributed by atoms with van der Waals surface area (Å²) >= 11 is 0. The SMILES string of the molecule is COCc1nc(N2CCN(C(=O)C(C)C)CC2)c2c(C)nn(-c3ccccc3)c2n1. The predicted molar refractivity (Wildman–Crippen MR) is 116 cm³/mol. The van der Waals surface area contributed by atoms with E-state index in [1.165, 1.54) is 0 Å². The summed E-state index contributed by atoms with van der Waals surface area (Å²) in [6.45, 7) is 9.04. The fraction of sp³-hybridized carbons (Fsp3) is 0.455. The van der Waals surface area contributed by atoms with Crippen LogP contribution in [0.15, 0.2) is 30.3 Å². The van der Waals surface area contributed by atoms with Gasteiger partial charge in [0.05, 0.1) is 16.8 Å². The normalized spacial score (nSPS) is 14.7. The Hall–Kier alpha value is -3.00. The van der Waals surface area contributed by atoms with Crippen LogP contribution in [0.3, 0.4) is 0 Å². The van der Waals surface area contributed by atoms with E-state index in [1.54, 1.807) is 7.11 Å². The molecule has 0 spiro atoms. The fourth-order valence-electron chi connectivity index (χ4n) is 3.88. The summed E-state index contributed by atoms with van der Waals surface area (Å²) in [7, 11) is 1.64. The second-order valence-electron chi connectivity index (χ2n) is 7.89. The third-order valence-corrected chi connectivity index (χ3v) is 5.39. The van der Waals surface area contributed by atoms with Gasteiger partial charge in [0.1, 0.15) is 12.4 Å². The van der Waals surface area contributed by atoms with Crippen molar-refractivity contribution in [3.63, 3.8) is 0 Å². The van der Waals surface area contributed by atoms with Crippen LogP contribution < -0.4 is 4.90 Å². The number of piperazine rings is 1. The number of aryl methyl sites for hydroxylation is 1. The highest BCUT2D eigenvalue weighted by atomic mass is 16.5. The topological polar surface area (TPSA) is 76.4 Å². The number of ether oxygens (including phenoxy) is 1. The van der Waals surface area contributed by atoms with Crippen LogP contribution in [0.2, 0.25) is 0 Å². The number of methoxy groups -OCH3 is 1. The Morgan fingerprint density at radius 1 is 1.10 bits per heavy atom. The summed E-state index contributed by atoms with van der Waals surface area (Å²) < 4.78 is 7.19. The number of amides is 1. The average molecular weight is 409 g/mol. The van der Waals surface area contributed by atoms with Gasteiger partial charge in [-0.15, -0.1) is 0 Å². The van der Waals surface area contributed by atoms with Gasteiger partial charge >= 0.3 is 0 Å². The largest absolute Gasteiger partial charge is 0.377 e. The van der Waals surface area contributed by atoms with Crippen molar-refractivity contribution in [3.8, 4) is 5.69 Å². The van der Waals surface area contributed by atoms with Crippen molar-refractivity contribution in [2.45, 2.75) is 27.4 Å². The minimum absolute atomic E-state index is 0.0157. The molecule has 0 unspecified atom stereocenters. The molecule has 1 aliphatic rings. The fourth-order valence-corrected chi connectivity index (χ4v) is 3.88. The number of hydrogen-bond donors (Lipinski definition) is 0. The van der Waals surface area contributed by atoms with Crippen LogP contribution in [0.25, 0.3) is 16.7 Å². The lowest BCUT2D eigenvalue weighted by atomic mass is 10.1. The number of anilines is 1. The molecule has 0 atom stereocenters. The number of carbonyl (C=O) groups is 1. The van der Waals surface area contributed by atoms with Crippen LogP contribution in [0.5, 0.6) is 0 Å². The third kappa shape index (κ3) is 3.75. The molecule has 4 rings (SSSR count). The molecule has 0 aliphatic carbocycles. The van der Waals surface area contributed by atoms with Crippen LogP contribution in [0, 0.1) is 12.8 Å². The lowest BCUT2D eigenvalue weighted by Gasteiger charge is -2.36. The minimum atomic E-state index is 0.0157. The van der Waals surface area contributed by atoms with Crippen molar-refractivity contribution in [2.75, 3.05) is 38.2 Å². The molecule has 1 fully saturated rings. The Morgan fingerprint density at radius 3 is 2.43 bits per heavy atom. The number of rotatable bonds is 5. The monoisotopic (exact) mass is 408 g/mol. The standard InChI is InChI=1S/C22H28N6O2/c1-15(2)22(29)27-12-10-26(11-13-27)20-19-16(3)25-28(17-8-6-5-7-9-17)21(19)24-18(23-20)14-30-4/h5-9,15H,10-14H2,1-4H3. The maximum absolute atomic E-state index is 12.4. The van der Waals surface area contributed by atoms with E-state index in [2.05, 4.69) is 4.90 Å². The first kappa shape index (κ1) is 20.3. The van der Waals surface area contributed by atoms with Crippen LogP contribution in [0.4, 0.5) is 5.82 Å². The Kier molecular flexibility index (Phi) is 5.67. The maximum atomic E-state index is 12.4. The minimum Gasteiger partial charge on any atom is -0.377 e. The average Bonchev–Trinajstić information content (AvgIpc) is 3.10. The van der Waals surface area contributed by atoms with Gasteiger partial charge in [-0.3, -0.25) is 4.79 Å². The number of carbonyl (C=O) groups excluding carboxylic acids is 1. The van der Waals surface area contributed by atoms with Crippen LogP contribution in [0.1, 0.15) is 25.4 Å². The van der Waals surface area contributed by atoms with E-state index in [-0.39, 0.29) is 11.8 Å². The zero-order valence-corrected chi connectivity index (χ0v) is 18.0. The quantitative estimate of drug-likeness (QED) is 0.646. The van der Waals surface area contributed by atoms with Gasteiger partial charge in [0.25, 0.3) is 0 Å². The highest BCUT2D eigenvalue weighted by Crippen LogP contribution is 2.30. The van der Waals surface area contributed by atoms with Crippen molar-refractivity contribution >= 4 is 22.8 Å². The van der Waals surface area contributed by atoms with Crippen LogP contribution in [-0.2, 0) is 16.1 Å². The predicted octanol–water partition coefficient (Wildman–Crippen LogP) is 2.57. The molecule has 8 nitrogen and oxygen atoms in total. The molecule has 0 bridgehead atoms. The van der Waals surface area contributed by atoms with Crippen molar-refractivity contribution < 1.29 is 9.53 Å². The van der Waals surface area contributed by atoms with Gasteiger partial charge < -0.3 is 14.5 Å². The Bertz CT molecular complexity index is 1040. The Labute approximate surface area is 176 Å². The zero-order valence-electron chi connectivity index (χ0n) is 18.0. The molecule has 2 aromatic heterocycles. The summed E-state index contributed by atoms with van der Waals surface area (Å²) in [5, 5.41) is 5.71. The van der Waals surface area contributed by atoms with Crippen molar-refractivity contribution in [1.82, 2.24) is 24.6 Å². The van der Waals surface area contributed by atoms with Crippen LogP contribution in [-0.4, -0.2) is 63.8 Å². The molecule has 1 aromatic carbocycles. The molecule has 158 valence electrons. The first-order chi connectivity index (χ1) is 14.5. The molecule has 3 aromatic rings. The van der Waals surface area contributed by atoms with E-state index in [1.807, 2.05) is 60.7 Å². The molecule has 1 saturated heterocycles. The third-order valence-electron chi connectivity index (χ3n) is 5.39. The highest BCUT2D eigenvalue weighted by Gasteiger charge is 2.27. The smallest absolute Gasteiger partial charge is 0.225 e. The van der Waals surface area contributed by atoms with E-state index in [0.29, 0.717) is 25.5 Å². The van der Waals surface area contributed by atoms with E-state index in [9.17, 15) is 4.79 Å². The van der Waals surface area contributed by atoms with Crippen molar-refractivity contribution in [3.05, 3.63) is 41.9 Å². The molecule has 1 aliphatic heterocycles. The summed E-state index contributed by atoms with van der Waals surface area (Å²) in [6, 6.07) is 9.99. The van der Waals surface area contributed by atoms with E-state index in [4.69, 9.17) is 19.8 Å². The van der Waals surface area contributed by atoms with Gasteiger partial charge in [0.15, 0.2) is 11.5 Å². The van der Waals surface area contributed by atoms with E-state index < -0.39 is 0 Å². The Morgan fingerprint density at radius 2 is 1.80 bits per heavy atom. The van der Waals surface area contributed by atoms with E-state index in [0.717, 1.165) is 41.3 Å². The first-order valence-electron chi connectivity index (χ1n) is 10.3. The van der Waals surface area contributed by atoms with Gasteiger partial charge in [-0.25, -0.2) is 14.6 Å². The highest BCUT2D eigenvalue weighted by molar-refractivity contribution is 5.91. The van der Waals surface area contributed by atoms with Gasteiger partial charge in [-0.2, -0.15) is 5.10 Å². The molecule has 3 heterocycles. The second-order valence-corrected chi connectivity index (χ2v) is 7.89. The molecule has 1 amide bonds. The maximum Gasteiger partial charge on any atom is 0.225 e. The second kappa shape index (κ2) is 8.39. The van der Waals surface area contributed by atoms with Crippen LogP contribution >= 0.6 is 0 Å². The molecule has 30 heavy (non-hydrogen) atoms. The number of nitrogens with zero attached hydrogens (tertiary/aromatic N) is 6. The number of aromatic nitrogens is 4. The van der Waals surface area contributed by atoms with Crippen molar-refractivity contribution in [1.29, 1.82) is 0 Å². The van der Waals surface area contributed by atoms with Gasteiger partial charge in [0, 0.05) is 39.2 Å². The first-order valence-corrected chi connectivity index (χ1v) is 10.3. The summed E-state index contributed by atoms with van der Waals surface area (Å²) in [5.41, 5.74) is 2.61. The number of para-hydroxylation sites is 1. The lowest BCUT2D eigenvalue weighted by Crippen LogP contribution is -2.50. The molecule has 0 radical (unpaired) electrons. The lowest BCUT2D eigenvalue weighted by molar-refractivity contribution is -0.134. The molecule has 8 heteroatoms. The molecular weight excluding hydrogens is 380 g/mol. The van der Waals surface area contributed by atoms with Gasteiger partial charge in [-0.05, 0) is 19.1 Å². The summed E-state index contributed by atoms with van der Waals surface area (Å²) in [4.78, 5) is 26.1. The number of benzene rings is 1.